The molecule has 3 heterocycles. The molecule has 11 heteroatoms. The molecule has 2 amide bonds. The zero-order chi connectivity index (χ0) is 24.6. The van der Waals surface area contributed by atoms with E-state index in [1.165, 1.54) is 12.1 Å². The van der Waals surface area contributed by atoms with E-state index in [0.717, 1.165) is 0 Å². The number of halogens is 3. The number of carbonyl (C=O) groups excluding carboxylic acids is 2. The molecular weight excluding hydrogens is 486 g/mol. The molecule has 2 aliphatic rings. The van der Waals surface area contributed by atoms with E-state index in [1.807, 2.05) is 6.92 Å². The third-order valence-electron chi connectivity index (χ3n) is 6.33. The maximum Gasteiger partial charge on any atom is 0.274 e. The van der Waals surface area contributed by atoms with Gasteiger partial charge >= 0.3 is 0 Å². The first-order chi connectivity index (χ1) is 16.3. The van der Waals surface area contributed by atoms with Crippen molar-refractivity contribution in [3.8, 4) is 5.75 Å². The molecule has 0 aliphatic carbocycles. The summed E-state index contributed by atoms with van der Waals surface area (Å²) in [6.07, 6.45) is 1.21. The Balaban J connectivity index is 1.77. The number of likely N-dealkylation sites (N-methyl/N-ethyl adjacent to an activating group) is 1. The van der Waals surface area contributed by atoms with Gasteiger partial charge < -0.3 is 25.2 Å². The minimum Gasteiger partial charge on any atom is -0.503 e. The van der Waals surface area contributed by atoms with E-state index in [4.69, 9.17) is 23.2 Å². The van der Waals surface area contributed by atoms with Crippen molar-refractivity contribution >= 4 is 35.0 Å². The van der Waals surface area contributed by atoms with E-state index in [-0.39, 0.29) is 34.4 Å². The van der Waals surface area contributed by atoms with Crippen LogP contribution in [0.5, 0.6) is 5.75 Å². The Bertz CT molecular complexity index is 1200. The van der Waals surface area contributed by atoms with Gasteiger partial charge in [0.05, 0.1) is 22.8 Å². The Hall–Kier alpha value is -2.62. The van der Waals surface area contributed by atoms with E-state index in [0.29, 0.717) is 44.0 Å². The maximum atomic E-state index is 14.3. The molecule has 4 rings (SSSR count). The predicted molar refractivity (Wildman–Crippen MR) is 126 cm³/mol. The quantitative estimate of drug-likeness (QED) is 0.374. The Morgan fingerprint density at radius 3 is 2.79 bits per heavy atom. The summed E-state index contributed by atoms with van der Waals surface area (Å²) in [7, 11) is 0. The molecule has 8 nitrogen and oxygen atoms in total. The number of pyridine rings is 1. The molecular formula is C23H25Cl2FN4O4. The number of hydrogen-bond donors (Lipinski definition) is 3. The minimum atomic E-state index is -0.929. The molecule has 0 spiro atoms. The van der Waals surface area contributed by atoms with Crippen molar-refractivity contribution in [2.75, 3.05) is 25.5 Å². The van der Waals surface area contributed by atoms with Crippen LogP contribution in [0.15, 0.2) is 23.0 Å². The minimum absolute atomic E-state index is 0.0813. The van der Waals surface area contributed by atoms with Crippen LogP contribution in [0.25, 0.3) is 0 Å². The summed E-state index contributed by atoms with van der Waals surface area (Å²) in [5, 5.41) is 16.5. The van der Waals surface area contributed by atoms with E-state index in [9.17, 15) is 23.9 Å². The van der Waals surface area contributed by atoms with Crippen LogP contribution < -0.4 is 16.1 Å². The van der Waals surface area contributed by atoms with Gasteiger partial charge in [0.15, 0.2) is 11.4 Å². The lowest BCUT2D eigenvalue weighted by Crippen LogP contribution is -2.44. The molecule has 2 atom stereocenters. The Kier molecular flexibility index (Phi) is 7.16. The second kappa shape index (κ2) is 9.93. The second-order valence-corrected chi connectivity index (χ2v) is 9.12. The third kappa shape index (κ3) is 4.16. The topological polar surface area (TPSA) is 104 Å². The van der Waals surface area contributed by atoms with Crippen LogP contribution in [0.2, 0.25) is 5.02 Å². The highest BCUT2D eigenvalue weighted by atomic mass is 35.5. The number of benzene rings is 1. The van der Waals surface area contributed by atoms with Crippen LogP contribution in [0.3, 0.4) is 0 Å². The van der Waals surface area contributed by atoms with Gasteiger partial charge in [0.2, 0.25) is 5.43 Å². The Morgan fingerprint density at radius 2 is 2.09 bits per heavy atom. The third-order valence-corrected chi connectivity index (χ3v) is 6.89. The fourth-order valence-electron chi connectivity index (χ4n) is 4.72. The van der Waals surface area contributed by atoms with Gasteiger partial charge in [0.1, 0.15) is 11.4 Å². The first-order valence-electron chi connectivity index (χ1n) is 11.1. The molecule has 1 aromatic carbocycles. The van der Waals surface area contributed by atoms with Gasteiger partial charge in [-0.15, -0.1) is 11.6 Å². The molecule has 3 N–H and O–H groups in total. The predicted octanol–water partition coefficient (Wildman–Crippen LogP) is 2.96. The lowest BCUT2D eigenvalue weighted by molar-refractivity contribution is 0.0675. The van der Waals surface area contributed by atoms with Crippen molar-refractivity contribution in [2.24, 2.45) is 0 Å². The van der Waals surface area contributed by atoms with Crippen molar-refractivity contribution in [3.63, 3.8) is 0 Å². The molecule has 182 valence electrons. The Labute approximate surface area is 205 Å². The average molecular weight is 511 g/mol. The van der Waals surface area contributed by atoms with E-state index >= 15 is 0 Å². The van der Waals surface area contributed by atoms with Crippen LogP contribution in [0.4, 0.5) is 4.39 Å². The summed E-state index contributed by atoms with van der Waals surface area (Å²) in [4.78, 5) is 41.0. The number of aromatic hydroxyl groups is 1. The first-order valence-corrected chi connectivity index (χ1v) is 12.0. The van der Waals surface area contributed by atoms with Crippen molar-refractivity contribution in [1.82, 2.24) is 20.1 Å². The highest BCUT2D eigenvalue weighted by Crippen LogP contribution is 2.42. The Morgan fingerprint density at radius 1 is 1.32 bits per heavy atom. The van der Waals surface area contributed by atoms with E-state index in [2.05, 4.69) is 10.6 Å². The molecule has 34 heavy (non-hydrogen) atoms. The second-order valence-electron chi connectivity index (χ2n) is 8.33. The molecule has 0 radical (unpaired) electrons. The number of hydrogen-bond acceptors (Lipinski definition) is 5. The lowest BCUT2D eigenvalue weighted by atomic mass is 10.0. The number of alkyl halides is 1. The number of amides is 2. The number of nitrogens with zero attached hydrogens (tertiary/aromatic N) is 2. The molecule has 1 aromatic heterocycles. The van der Waals surface area contributed by atoms with Gasteiger partial charge in [-0.1, -0.05) is 23.7 Å². The molecule has 0 saturated heterocycles. The van der Waals surface area contributed by atoms with Crippen molar-refractivity contribution in [3.05, 3.63) is 61.8 Å². The van der Waals surface area contributed by atoms with Gasteiger partial charge in [-0.2, -0.15) is 0 Å². The molecule has 2 aliphatic heterocycles. The standard InChI is InChI=1S/C23H25Cl2FN4O4/c1-2-29-11-13-9-15(27-8-4-7-24)18-16(20(31)21(32)19(23(29)34)30(13)18)22(33)28-10-12-5-3-6-14(25)17(12)26/h3,5-6,13,15,27,32H,2,4,7-11H2,1H3,(H,28,33)/t13-,15?/m0/s1. The zero-order valence-corrected chi connectivity index (χ0v) is 20.0. The lowest BCUT2D eigenvalue weighted by Gasteiger charge is -2.33. The summed E-state index contributed by atoms with van der Waals surface area (Å²) in [5.74, 6) is -2.19. The monoisotopic (exact) mass is 510 g/mol. The summed E-state index contributed by atoms with van der Waals surface area (Å²) < 4.78 is 15.9. The number of aromatic nitrogens is 1. The van der Waals surface area contributed by atoms with Crippen LogP contribution in [-0.4, -0.2) is 51.9 Å². The number of carbonyl (C=O) groups is 2. The molecule has 0 saturated carbocycles. The molecule has 0 bridgehead atoms. The van der Waals surface area contributed by atoms with Gasteiger partial charge in [-0.05, 0) is 32.4 Å². The van der Waals surface area contributed by atoms with Crippen molar-refractivity contribution in [1.29, 1.82) is 0 Å². The largest absolute Gasteiger partial charge is 0.503 e. The van der Waals surface area contributed by atoms with Crippen molar-refractivity contribution < 1.29 is 19.1 Å². The van der Waals surface area contributed by atoms with Crippen LogP contribution in [-0.2, 0) is 6.54 Å². The van der Waals surface area contributed by atoms with Gasteiger partial charge in [0.25, 0.3) is 11.8 Å². The maximum absolute atomic E-state index is 14.3. The SMILES string of the molecule is CCN1C[C@@H]2CC(NCCCCl)c3c(C(=O)NCc4cccc(Cl)c4F)c(=O)c(O)c(n32)C1=O. The molecule has 1 unspecified atom stereocenters. The normalized spacial score (nSPS) is 18.8. The van der Waals surface area contributed by atoms with Gasteiger partial charge in [-0.25, -0.2) is 4.39 Å². The van der Waals surface area contributed by atoms with Crippen LogP contribution >= 0.6 is 23.2 Å². The van der Waals surface area contributed by atoms with Crippen LogP contribution in [0.1, 0.15) is 64.0 Å². The van der Waals surface area contributed by atoms with E-state index < -0.39 is 34.9 Å². The van der Waals surface area contributed by atoms with E-state index in [1.54, 1.807) is 15.5 Å². The summed E-state index contributed by atoms with van der Waals surface area (Å²) in [6.45, 7) is 3.00. The number of rotatable bonds is 8. The average Bonchev–Trinajstić information content (AvgIpc) is 3.16. The summed E-state index contributed by atoms with van der Waals surface area (Å²) in [6, 6.07) is 3.82. The summed E-state index contributed by atoms with van der Waals surface area (Å²) in [5.41, 5.74) is -0.778. The highest BCUT2D eigenvalue weighted by molar-refractivity contribution is 6.30. The summed E-state index contributed by atoms with van der Waals surface area (Å²) >= 11 is 11.6. The van der Waals surface area contributed by atoms with Gasteiger partial charge in [-0.3, -0.25) is 14.4 Å². The molecule has 0 fully saturated rings. The fourth-order valence-corrected chi connectivity index (χ4v) is 5.05. The zero-order valence-electron chi connectivity index (χ0n) is 18.5. The van der Waals surface area contributed by atoms with Crippen LogP contribution in [0, 0.1) is 5.82 Å². The first kappa shape index (κ1) is 24.5. The fraction of sp³-hybridized carbons (Fsp3) is 0.435. The molecule has 2 aromatic rings. The number of nitrogens with one attached hydrogen (secondary N) is 2. The van der Waals surface area contributed by atoms with Gasteiger partial charge in [0, 0.05) is 31.1 Å². The smallest absolute Gasteiger partial charge is 0.274 e. The van der Waals surface area contributed by atoms with Crippen molar-refractivity contribution in [2.45, 2.75) is 38.4 Å². The highest BCUT2D eigenvalue weighted by Gasteiger charge is 2.44.